The summed E-state index contributed by atoms with van der Waals surface area (Å²) in [5.74, 6) is 0.400. The minimum Gasteiger partial charge on any atom is -0.436 e. The van der Waals surface area contributed by atoms with Gasteiger partial charge in [-0.25, -0.2) is 4.98 Å². The van der Waals surface area contributed by atoms with Crippen LogP contribution in [0.5, 0.6) is 0 Å². The topological polar surface area (TPSA) is 55.1 Å². The highest BCUT2D eigenvalue weighted by atomic mass is 16.3. The van der Waals surface area contributed by atoms with Crippen LogP contribution in [-0.2, 0) is 0 Å². The molecular weight excluding hydrogens is 372 g/mol. The highest BCUT2D eigenvalue weighted by Gasteiger charge is 2.14. The summed E-state index contributed by atoms with van der Waals surface area (Å²) in [6, 6.07) is 25.3. The molecule has 4 heteroatoms. The van der Waals surface area contributed by atoms with E-state index in [4.69, 9.17) is 4.42 Å². The number of anilines is 1. The van der Waals surface area contributed by atoms with Crippen LogP contribution in [0.3, 0.4) is 0 Å². The molecule has 0 aliphatic rings. The van der Waals surface area contributed by atoms with Crippen molar-refractivity contribution in [3.05, 3.63) is 95.6 Å². The second kappa shape index (κ2) is 7.16. The van der Waals surface area contributed by atoms with Crippen LogP contribution in [0.1, 0.15) is 21.5 Å². The van der Waals surface area contributed by atoms with E-state index in [1.165, 1.54) is 0 Å². The summed E-state index contributed by atoms with van der Waals surface area (Å²) in [6.45, 7) is 4.02. The summed E-state index contributed by atoms with van der Waals surface area (Å²) < 4.78 is 5.89. The normalized spacial score (nSPS) is 11.1. The second-order valence-electron chi connectivity index (χ2n) is 7.45. The van der Waals surface area contributed by atoms with Crippen LogP contribution in [0.15, 0.2) is 83.3 Å². The number of carbonyl (C=O) groups excluding carboxylic acids is 1. The first kappa shape index (κ1) is 18.1. The van der Waals surface area contributed by atoms with E-state index in [9.17, 15) is 4.79 Å². The van der Waals surface area contributed by atoms with E-state index < -0.39 is 0 Å². The van der Waals surface area contributed by atoms with Crippen molar-refractivity contribution in [2.75, 3.05) is 5.32 Å². The predicted molar refractivity (Wildman–Crippen MR) is 121 cm³/mol. The van der Waals surface area contributed by atoms with Gasteiger partial charge in [-0.3, -0.25) is 4.79 Å². The van der Waals surface area contributed by atoms with Crippen LogP contribution >= 0.6 is 0 Å². The molecule has 1 N–H and O–H groups in total. The zero-order chi connectivity index (χ0) is 20.7. The molecule has 1 aromatic heterocycles. The number of para-hydroxylation sites is 2. The summed E-state index contributed by atoms with van der Waals surface area (Å²) in [5, 5.41) is 5.11. The molecule has 1 amide bonds. The number of nitrogens with one attached hydrogen (secondary N) is 1. The van der Waals surface area contributed by atoms with E-state index in [1.54, 1.807) is 0 Å². The van der Waals surface area contributed by atoms with E-state index >= 15 is 0 Å². The van der Waals surface area contributed by atoms with Gasteiger partial charge in [-0.05, 0) is 66.1 Å². The number of aromatic nitrogens is 1. The zero-order valence-corrected chi connectivity index (χ0v) is 16.8. The number of fused-ring (bicyclic) bond motifs is 2. The molecule has 0 saturated heterocycles. The fourth-order valence-electron chi connectivity index (χ4n) is 3.72. The Morgan fingerprint density at radius 2 is 1.57 bits per heavy atom. The van der Waals surface area contributed by atoms with E-state index in [-0.39, 0.29) is 5.91 Å². The van der Waals surface area contributed by atoms with Gasteiger partial charge in [0.2, 0.25) is 5.89 Å². The Bertz CT molecular complexity index is 1380. The molecule has 0 aliphatic carbocycles. The van der Waals surface area contributed by atoms with Crippen molar-refractivity contribution in [2.24, 2.45) is 0 Å². The maximum atomic E-state index is 13.1. The van der Waals surface area contributed by atoms with Gasteiger partial charge < -0.3 is 9.73 Å². The lowest BCUT2D eigenvalue weighted by Crippen LogP contribution is -2.13. The molecule has 146 valence electrons. The minimum absolute atomic E-state index is 0.135. The van der Waals surface area contributed by atoms with Crippen molar-refractivity contribution < 1.29 is 9.21 Å². The third-order valence-corrected chi connectivity index (χ3v) is 5.41. The molecule has 5 rings (SSSR count). The van der Waals surface area contributed by atoms with Crippen LogP contribution < -0.4 is 5.32 Å². The van der Waals surface area contributed by atoms with Crippen LogP contribution in [0.4, 0.5) is 5.69 Å². The van der Waals surface area contributed by atoms with Gasteiger partial charge in [0.05, 0.1) is 0 Å². The Balaban J connectivity index is 1.51. The summed E-state index contributed by atoms with van der Waals surface area (Å²) in [4.78, 5) is 17.7. The molecule has 1 heterocycles. The monoisotopic (exact) mass is 392 g/mol. The van der Waals surface area contributed by atoms with Crippen molar-refractivity contribution in [1.29, 1.82) is 0 Å². The molecule has 0 radical (unpaired) electrons. The summed E-state index contributed by atoms with van der Waals surface area (Å²) >= 11 is 0. The number of benzene rings is 4. The van der Waals surface area contributed by atoms with Gasteiger partial charge in [-0.1, -0.05) is 48.5 Å². The number of rotatable bonds is 3. The highest BCUT2D eigenvalue weighted by Crippen LogP contribution is 2.29. The maximum Gasteiger partial charge on any atom is 0.256 e. The molecule has 0 atom stereocenters. The lowest BCUT2D eigenvalue weighted by atomic mass is 9.99. The van der Waals surface area contributed by atoms with E-state index in [0.717, 1.165) is 44.2 Å². The SMILES string of the molecule is Cc1ccc(-c2nc3ccccc3o2)cc1NC(=O)c1ccc(C)c2ccccc12. The second-order valence-corrected chi connectivity index (χ2v) is 7.45. The molecule has 0 unspecified atom stereocenters. The number of carbonyl (C=O) groups is 1. The molecule has 0 saturated carbocycles. The van der Waals surface area contributed by atoms with Crippen molar-refractivity contribution in [3.63, 3.8) is 0 Å². The van der Waals surface area contributed by atoms with Crippen molar-refractivity contribution in [2.45, 2.75) is 13.8 Å². The largest absolute Gasteiger partial charge is 0.436 e. The smallest absolute Gasteiger partial charge is 0.256 e. The van der Waals surface area contributed by atoms with Crippen molar-refractivity contribution >= 4 is 33.5 Å². The van der Waals surface area contributed by atoms with Crippen LogP contribution in [0.2, 0.25) is 0 Å². The molecule has 0 bridgehead atoms. The lowest BCUT2D eigenvalue weighted by Gasteiger charge is -2.12. The Labute approximate surface area is 174 Å². The Hall–Kier alpha value is -3.92. The Morgan fingerprint density at radius 1 is 0.833 bits per heavy atom. The maximum absolute atomic E-state index is 13.1. The van der Waals surface area contributed by atoms with Crippen molar-refractivity contribution in [1.82, 2.24) is 4.98 Å². The Morgan fingerprint density at radius 3 is 2.40 bits per heavy atom. The lowest BCUT2D eigenvalue weighted by molar-refractivity contribution is 0.102. The number of aryl methyl sites for hydroxylation is 2. The summed E-state index contributed by atoms with van der Waals surface area (Å²) in [5.41, 5.74) is 5.89. The number of amides is 1. The first-order valence-corrected chi connectivity index (χ1v) is 9.86. The van der Waals surface area contributed by atoms with E-state index in [1.807, 2.05) is 85.8 Å². The average molecular weight is 392 g/mol. The number of oxazole rings is 1. The first-order chi connectivity index (χ1) is 14.6. The average Bonchev–Trinajstić information content (AvgIpc) is 3.20. The van der Waals surface area contributed by atoms with E-state index in [2.05, 4.69) is 17.2 Å². The van der Waals surface area contributed by atoms with Gasteiger partial charge in [0.25, 0.3) is 5.91 Å². The van der Waals surface area contributed by atoms with Gasteiger partial charge in [0.15, 0.2) is 5.58 Å². The molecule has 5 aromatic rings. The molecular formula is C26H20N2O2. The zero-order valence-electron chi connectivity index (χ0n) is 16.8. The first-order valence-electron chi connectivity index (χ1n) is 9.86. The Kier molecular flexibility index (Phi) is 4.32. The fourth-order valence-corrected chi connectivity index (χ4v) is 3.72. The van der Waals surface area contributed by atoms with Gasteiger partial charge in [0, 0.05) is 16.8 Å². The van der Waals surface area contributed by atoms with Gasteiger partial charge >= 0.3 is 0 Å². The summed E-state index contributed by atoms with van der Waals surface area (Å²) in [7, 11) is 0. The fraction of sp³-hybridized carbons (Fsp3) is 0.0769. The van der Waals surface area contributed by atoms with Gasteiger partial charge in [-0.2, -0.15) is 0 Å². The quantitative estimate of drug-likeness (QED) is 0.380. The molecule has 0 spiro atoms. The standard InChI is InChI=1S/C26H20N2O2/c1-16-12-14-21(20-8-4-3-7-19(16)20)25(29)27-23-15-18(13-11-17(23)2)26-28-22-9-5-6-10-24(22)30-26/h3-15H,1-2H3,(H,27,29). The summed E-state index contributed by atoms with van der Waals surface area (Å²) in [6.07, 6.45) is 0. The minimum atomic E-state index is -0.135. The van der Waals surface area contributed by atoms with Crippen LogP contribution in [0.25, 0.3) is 33.3 Å². The molecule has 4 nitrogen and oxygen atoms in total. The number of nitrogens with zero attached hydrogens (tertiary/aromatic N) is 1. The van der Waals surface area contributed by atoms with Crippen LogP contribution in [0, 0.1) is 13.8 Å². The molecule has 4 aromatic carbocycles. The molecule has 30 heavy (non-hydrogen) atoms. The van der Waals surface area contributed by atoms with Crippen LogP contribution in [-0.4, -0.2) is 10.9 Å². The number of hydrogen-bond acceptors (Lipinski definition) is 3. The third kappa shape index (κ3) is 3.12. The molecule has 0 fully saturated rings. The van der Waals surface area contributed by atoms with E-state index in [0.29, 0.717) is 11.5 Å². The molecule has 0 aliphatic heterocycles. The predicted octanol–water partition coefficient (Wildman–Crippen LogP) is 6.52. The third-order valence-electron chi connectivity index (χ3n) is 5.41. The van der Waals surface area contributed by atoms with Gasteiger partial charge in [-0.15, -0.1) is 0 Å². The van der Waals surface area contributed by atoms with Crippen molar-refractivity contribution in [3.8, 4) is 11.5 Å². The number of hydrogen-bond donors (Lipinski definition) is 1. The highest BCUT2D eigenvalue weighted by molar-refractivity contribution is 6.13. The van der Waals surface area contributed by atoms with Gasteiger partial charge in [0.1, 0.15) is 5.52 Å².